The van der Waals surface area contributed by atoms with Gasteiger partial charge >= 0.3 is 0 Å². The smallest absolute Gasteiger partial charge is 0.130 e. The van der Waals surface area contributed by atoms with Crippen molar-refractivity contribution in [3.63, 3.8) is 0 Å². The first-order valence-electron chi connectivity index (χ1n) is 7.64. The van der Waals surface area contributed by atoms with Crippen LogP contribution in [0.25, 0.3) is 32.3 Å². The highest BCUT2D eigenvalue weighted by atomic mass is 16.5. The number of ether oxygens (including phenoxy) is 1. The maximum atomic E-state index is 8.48. The van der Waals surface area contributed by atoms with Gasteiger partial charge in [0.25, 0.3) is 0 Å². The molecule has 4 nitrogen and oxygen atoms in total. The number of fused-ring (bicyclic) bond motifs is 2. The molecule has 4 rings (SSSR count). The fourth-order valence-corrected chi connectivity index (χ4v) is 3.15. The zero-order valence-electron chi connectivity index (χ0n) is 12.5. The van der Waals surface area contributed by atoms with Gasteiger partial charge in [-0.05, 0) is 33.5 Å². The van der Waals surface area contributed by atoms with Crippen LogP contribution >= 0.6 is 0 Å². The van der Waals surface area contributed by atoms with Crippen molar-refractivity contribution in [3.8, 4) is 16.9 Å². The molecule has 0 radical (unpaired) electrons. The molecule has 0 bridgehead atoms. The number of azide groups is 1. The molecule has 0 saturated heterocycles. The van der Waals surface area contributed by atoms with Crippen LogP contribution in [-0.4, -0.2) is 12.6 Å². The zero-order chi connectivity index (χ0) is 15.6. The molecule has 0 saturated carbocycles. The van der Waals surface area contributed by atoms with Crippen LogP contribution < -0.4 is 4.74 Å². The maximum Gasteiger partial charge on any atom is 0.130 e. The van der Waals surface area contributed by atoms with Crippen LogP contribution in [0.15, 0.2) is 65.8 Å². The predicted octanol–water partition coefficient (Wildman–Crippen LogP) is 5.12. The molecule has 0 aliphatic carbocycles. The van der Waals surface area contributed by atoms with Gasteiger partial charge in [-0.1, -0.05) is 59.7 Å². The van der Waals surface area contributed by atoms with Crippen LogP contribution in [0.2, 0.25) is 0 Å². The SMILES string of the molecule is [N-]=[N+]=NCC1Cc2cccc(-c3ccc4ccccc4c3)c2O1. The van der Waals surface area contributed by atoms with Gasteiger partial charge in [0, 0.05) is 16.9 Å². The van der Waals surface area contributed by atoms with E-state index in [9.17, 15) is 0 Å². The Kier molecular flexibility index (Phi) is 3.37. The summed E-state index contributed by atoms with van der Waals surface area (Å²) in [5.41, 5.74) is 11.9. The van der Waals surface area contributed by atoms with Gasteiger partial charge < -0.3 is 4.74 Å². The Hall–Kier alpha value is -2.97. The van der Waals surface area contributed by atoms with E-state index in [0.717, 1.165) is 23.3 Å². The second-order valence-corrected chi connectivity index (χ2v) is 5.71. The number of para-hydroxylation sites is 1. The normalized spacial score (nSPS) is 15.7. The van der Waals surface area contributed by atoms with Crippen molar-refractivity contribution in [1.29, 1.82) is 0 Å². The van der Waals surface area contributed by atoms with Crippen LogP contribution in [0, 0.1) is 0 Å². The molecule has 3 aromatic carbocycles. The van der Waals surface area contributed by atoms with E-state index < -0.39 is 0 Å². The fraction of sp³-hybridized carbons (Fsp3) is 0.158. The number of hydrogen-bond donors (Lipinski definition) is 0. The van der Waals surface area contributed by atoms with Gasteiger partial charge in [-0.3, -0.25) is 0 Å². The molecule has 1 unspecified atom stereocenters. The van der Waals surface area contributed by atoms with Gasteiger partial charge in [0.05, 0.1) is 6.54 Å². The Labute approximate surface area is 134 Å². The van der Waals surface area contributed by atoms with E-state index in [2.05, 4.69) is 58.6 Å². The van der Waals surface area contributed by atoms with Gasteiger partial charge in [-0.25, -0.2) is 0 Å². The summed E-state index contributed by atoms with van der Waals surface area (Å²) in [5.74, 6) is 0.918. The Morgan fingerprint density at radius 1 is 1.04 bits per heavy atom. The van der Waals surface area contributed by atoms with Gasteiger partial charge in [0.2, 0.25) is 0 Å². The molecule has 1 heterocycles. The highest BCUT2D eigenvalue weighted by molar-refractivity contribution is 5.88. The first kappa shape index (κ1) is 13.7. The summed E-state index contributed by atoms with van der Waals surface area (Å²) in [7, 11) is 0. The third-order valence-electron chi connectivity index (χ3n) is 4.24. The van der Waals surface area contributed by atoms with Crippen molar-refractivity contribution in [2.45, 2.75) is 12.5 Å². The van der Waals surface area contributed by atoms with Crippen LogP contribution in [0.3, 0.4) is 0 Å². The Morgan fingerprint density at radius 3 is 2.78 bits per heavy atom. The highest BCUT2D eigenvalue weighted by Gasteiger charge is 2.25. The van der Waals surface area contributed by atoms with Crippen molar-refractivity contribution in [2.75, 3.05) is 6.54 Å². The minimum absolute atomic E-state index is 0.0671. The maximum absolute atomic E-state index is 8.48. The number of hydrogen-bond acceptors (Lipinski definition) is 2. The molecule has 1 aliphatic heterocycles. The molecule has 0 N–H and O–H groups in total. The first-order valence-corrected chi connectivity index (χ1v) is 7.64. The van der Waals surface area contributed by atoms with E-state index in [1.54, 1.807) is 0 Å². The quantitative estimate of drug-likeness (QED) is 0.376. The molecule has 0 aromatic heterocycles. The van der Waals surface area contributed by atoms with Crippen LogP contribution in [0.5, 0.6) is 5.75 Å². The second-order valence-electron chi connectivity index (χ2n) is 5.71. The third kappa shape index (κ3) is 2.50. The van der Waals surface area contributed by atoms with E-state index in [0.29, 0.717) is 6.54 Å². The summed E-state index contributed by atoms with van der Waals surface area (Å²) in [6.45, 7) is 0.363. The molecule has 0 amide bonds. The lowest BCUT2D eigenvalue weighted by molar-refractivity contribution is 0.242. The van der Waals surface area contributed by atoms with E-state index in [1.165, 1.54) is 16.3 Å². The number of benzene rings is 3. The molecular weight excluding hydrogens is 286 g/mol. The Balaban J connectivity index is 1.75. The average Bonchev–Trinajstić information content (AvgIpc) is 3.02. The van der Waals surface area contributed by atoms with Crippen molar-refractivity contribution < 1.29 is 4.74 Å². The Morgan fingerprint density at radius 2 is 1.91 bits per heavy atom. The summed E-state index contributed by atoms with van der Waals surface area (Å²) in [6, 6.07) is 21.0. The number of rotatable bonds is 3. The van der Waals surface area contributed by atoms with Crippen molar-refractivity contribution >= 4 is 10.8 Å². The monoisotopic (exact) mass is 301 g/mol. The minimum atomic E-state index is -0.0671. The summed E-state index contributed by atoms with van der Waals surface area (Å²) >= 11 is 0. The Bertz CT molecular complexity index is 929. The van der Waals surface area contributed by atoms with Crippen molar-refractivity contribution in [1.82, 2.24) is 0 Å². The largest absolute Gasteiger partial charge is 0.489 e. The minimum Gasteiger partial charge on any atom is -0.489 e. The van der Waals surface area contributed by atoms with Crippen molar-refractivity contribution in [3.05, 3.63) is 76.7 Å². The second kappa shape index (κ2) is 5.67. The summed E-state index contributed by atoms with van der Waals surface area (Å²) < 4.78 is 6.04. The third-order valence-corrected chi connectivity index (χ3v) is 4.24. The average molecular weight is 301 g/mol. The van der Waals surface area contributed by atoms with Gasteiger partial charge in [-0.15, -0.1) is 0 Å². The molecule has 1 atom stereocenters. The topological polar surface area (TPSA) is 58.0 Å². The number of nitrogens with zero attached hydrogens (tertiary/aromatic N) is 3. The molecule has 3 aromatic rings. The summed E-state index contributed by atoms with van der Waals surface area (Å²) in [4.78, 5) is 2.82. The van der Waals surface area contributed by atoms with Crippen LogP contribution in [-0.2, 0) is 6.42 Å². The van der Waals surface area contributed by atoms with Gasteiger partial charge in [0.15, 0.2) is 0 Å². The molecule has 0 fully saturated rings. The van der Waals surface area contributed by atoms with E-state index >= 15 is 0 Å². The standard InChI is InChI=1S/C19H15N3O/c20-22-21-12-17-11-16-6-3-7-18(19(16)23-17)15-9-8-13-4-1-2-5-14(13)10-15/h1-10,17H,11-12H2. The lowest BCUT2D eigenvalue weighted by atomic mass is 9.98. The van der Waals surface area contributed by atoms with Crippen LogP contribution in [0.1, 0.15) is 5.56 Å². The van der Waals surface area contributed by atoms with Crippen LogP contribution in [0.4, 0.5) is 0 Å². The van der Waals surface area contributed by atoms with E-state index in [-0.39, 0.29) is 6.10 Å². The fourth-order valence-electron chi connectivity index (χ4n) is 3.15. The summed E-state index contributed by atoms with van der Waals surface area (Å²) in [6.07, 6.45) is 0.720. The van der Waals surface area contributed by atoms with Gasteiger partial charge in [0.1, 0.15) is 11.9 Å². The molecular formula is C19H15N3O. The van der Waals surface area contributed by atoms with Crippen molar-refractivity contribution in [2.24, 2.45) is 5.11 Å². The first-order chi connectivity index (χ1) is 11.3. The lowest BCUT2D eigenvalue weighted by Gasteiger charge is -2.11. The highest BCUT2D eigenvalue weighted by Crippen LogP contribution is 2.39. The summed E-state index contributed by atoms with van der Waals surface area (Å²) in [5, 5.41) is 6.08. The predicted molar refractivity (Wildman–Crippen MR) is 91.5 cm³/mol. The van der Waals surface area contributed by atoms with Gasteiger partial charge in [-0.2, -0.15) is 0 Å². The zero-order valence-corrected chi connectivity index (χ0v) is 12.5. The molecule has 1 aliphatic rings. The molecule has 23 heavy (non-hydrogen) atoms. The molecule has 112 valence electrons. The molecule has 0 spiro atoms. The lowest BCUT2D eigenvalue weighted by Crippen LogP contribution is -2.16. The molecule has 4 heteroatoms. The van der Waals surface area contributed by atoms with E-state index in [4.69, 9.17) is 10.3 Å². The van der Waals surface area contributed by atoms with E-state index in [1.807, 2.05) is 12.1 Å².